The van der Waals surface area contributed by atoms with Gasteiger partial charge in [0.15, 0.2) is 0 Å². The van der Waals surface area contributed by atoms with Gasteiger partial charge in [0.2, 0.25) is 5.91 Å². The zero-order chi connectivity index (χ0) is 17.1. The van der Waals surface area contributed by atoms with Crippen molar-refractivity contribution in [2.45, 2.75) is 6.54 Å². The minimum absolute atomic E-state index is 0.275. The number of pyridine rings is 1. The number of aromatic nitrogens is 3. The van der Waals surface area contributed by atoms with Crippen molar-refractivity contribution in [1.82, 2.24) is 14.8 Å². The van der Waals surface area contributed by atoms with Crippen molar-refractivity contribution in [3.8, 4) is 11.3 Å². The molecule has 0 fully saturated rings. The first kappa shape index (κ1) is 16.0. The van der Waals surface area contributed by atoms with Crippen LogP contribution in [0.5, 0.6) is 0 Å². The van der Waals surface area contributed by atoms with E-state index in [0.717, 1.165) is 16.8 Å². The molecule has 1 amide bonds. The first-order valence-corrected chi connectivity index (χ1v) is 7.69. The van der Waals surface area contributed by atoms with Gasteiger partial charge in [-0.15, -0.1) is 0 Å². The summed E-state index contributed by atoms with van der Waals surface area (Å²) in [6.07, 6.45) is 3.35. The molecule has 6 nitrogen and oxygen atoms in total. The molecule has 0 spiro atoms. The van der Waals surface area contributed by atoms with Gasteiger partial charge in [0.05, 0.1) is 16.3 Å². The summed E-state index contributed by atoms with van der Waals surface area (Å²) < 4.78 is 1.77. The molecule has 2 heterocycles. The van der Waals surface area contributed by atoms with Crippen LogP contribution in [-0.2, 0) is 13.6 Å². The second-order valence-electron chi connectivity index (χ2n) is 5.31. The molecule has 3 N–H and O–H groups in total. The molecule has 0 atom stereocenters. The second-order valence-corrected chi connectivity index (χ2v) is 5.72. The molecule has 0 saturated heterocycles. The Morgan fingerprint density at radius 1 is 1.33 bits per heavy atom. The summed E-state index contributed by atoms with van der Waals surface area (Å²) in [5.74, 6) is -0.0703. The summed E-state index contributed by atoms with van der Waals surface area (Å²) in [5, 5.41) is 8.03. The van der Waals surface area contributed by atoms with Crippen molar-refractivity contribution in [2.75, 3.05) is 5.32 Å². The van der Waals surface area contributed by atoms with Crippen LogP contribution in [0.4, 0.5) is 5.82 Å². The molecule has 0 radical (unpaired) electrons. The van der Waals surface area contributed by atoms with Crippen molar-refractivity contribution in [1.29, 1.82) is 0 Å². The van der Waals surface area contributed by atoms with Crippen LogP contribution in [0.25, 0.3) is 11.3 Å². The van der Waals surface area contributed by atoms with E-state index in [1.807, 2.05) is 43.6 Å². The molecule has 0 saturated carbocycles. The van der Waals surface area contributed by atoms with E-state index in [2.05, 4.69) is 15.4 Å². The fourth-order valence-corrected chi connectivity index (χ4v) is 2.62. The number of nitrogens with zero attached hydrogens (tertiary/aromatic N) is 3. The second kappa shape index (κ2) is 6.72. The highest BCUT2D eigenvalue weighted by atomic mass is 35.5. The Kier molecular flexibility index (Phi) is 4.48. The first-order chi connectivity index (χ1) is 11.5. The summed E-state index contributed by atoms with van der Waals surface area (Å²) in [6, 6.07) is 11.4. The quantitative estimate of drug-likeness (QED) is 0.747. The lowest BCUT2D eigenvalue weighted by Crippen LogP contribution is -2.12. The molecule has 122 valence electrons. The summed E-state index contributed by atoms with van der Waals surface area (Å²) in [7, 11) is 1.88. The van der Waals surface area contributed by atoms with Gasteiger partial charge in [0, 0.05) is 37.1 Å². The Morgan fingerprint density at radius 2 is 2.08 bits per heavy atom. The number of halogens is 1. The molecule has 2 aromatic heterocycles. The van der Waals surface area contributed by atoms with E-state index in [1.54, 1.807) is 4.68 Å². The molecule has 1 aromatic carbocycles. The van der Waals surface area contributed by atoms with E-state index in [1.165, 1.54) is 12.3 Å². The fourth-order valence-electron chi connectivity index (χ4n) is 2.39. The molecule has 7 heteroatoms. The zero-order valence-electron chi connectivity index (χ0n) is 13.0. The number of aryl methyl sites for hydroxylation is 1. The number of nitrogens with two attached hydrogens (primary N) is 1. The van der Waals surface area contributed by atoms with Crippen LogP contribution in [0.1, 0.15) is 15.9 Å². The number of carbonyl (C=O) groups excluding carboxylic acids is 1. The Bertz CT molecular complexity index is 876. The number of carbonyl (C=O) groups is 1. The minimum atomic E-state index is -0.561. The molecule has 3 aromatic rings. The van der Waals surface area contributed by atoms with Gasteiger partial charge in [0.25, 0.3) is 0 Å². The number of hydrogen-bond donors (Lipinski definition) is 2. The molecule has 0 aliphatic carbocycles. The number of amides is 1. The highest BCUT2D eigenvalue weighted by Gasteiger charge is 2.12. The van der Waals surface area contributed by atoms with Gasteiger partial charge < -0.3 is 11.1 Å². The average molecular weight is 342 g/mol. The number of rotatable bonds is 5. The Morgan fingerprint density at radius 3 is 2.75 bits per heavy atom. The number of hydrogen-bond acceptors (Lipinski definition) is 4. The Hall–Kier alpha value is -2.86. The van der Waals surface area contributed by atoms with Gasteiger partial charge in [-0.25, -0.2) is 4.98 Å². The predicted molar refractivity (Wildman–Crippen MR) is 93.7 cm³/mol. The third kappa shape index (κ3) is 3.38. The molecule has 24 heavy (non-hydrogen) atoms. The highest BCUT2D eigenvalue weighted by molar-refractivity contribution is 6.33. The van der Waals surface area contributed by atoms with Crippen LogP contribution in [0.3, 0.4) is 0 Å². The van der Waals surface area contributed by atoms with Gasteiger partial charge in [-0.05, 0) is 6.07 Å². The van der Waals surface area contributed by atoms with Gasteiger partial charge in [-0.1, -0.05) is 41.9 Å². The van der Waals surface area contributed by atoms with Crippen molar-refractivity contribution >= 4 is 23.3 Å². The highest BCUT2D eigenvalue weighted by Crippen LogP contribution is 2.24. The maximum absolute atomic E-state index is 11.1. The van der Waals surface area contributed by atoms with E-state index < -0.39 is 5.91 Å². The first-order valence-electron chi connectivity index (χ1n) is 7.32. The molecular formula is C17H16ClN5O. The monoisotopic (exact) mass is 341 g/mol. The van der Waals surface area contributed by atoms with Crippen LogP contribution in [0.15, 0.2) is 48.8 Å². The number of nitrogens with one attached hydrogen (secondary N) is 1. The van der Waals surface area contributed by atoms with E-state index >= 15 is 0 Å². The van der Waals surface area contributed by atoms with Crippen LogP contribution in [0, 0.1) is 0 Å². The van der Waals surface area contributed by atoms with Gasteiger partial charge in [-0.2, -0.15) is 5.10 Å². The van der Waals surface area contributed by atoms with E-state index in [-0.39, 0.29) is 5.56 Å². The van der Waals surface area contributed by atoms with Crippen LogP contribution >= 0.6 is 11.6 Å². The van der Waals surface area contributed by atoms with E-state index in [4.69, 9.17) is 17.3 Å². The normalized spacial score (nSPS) is 10.6. The third-order valence-corrected chi connectivity index (χ3v) is 3.81. The molecular weight excluding hydrogens is 326 g/mol. The van der Waals surface area contributed by atoms with Crippen molar-refractivity contribution in [3.05, 3.63) is 64.9 Å². The largest absolute Gasteiger partial charge is 0.366 e. The lowest BCUT2D eigenvalue weighted by Gasteiger charge is -2.08. The van der Waals surface area contributed by atoms with Crippen LogP contribution < -0.4 is 11.1 Å². The van der Waals surface area contributed by atoms with Gasteiger partial charge >= 0.3 is 0 Å². The lowest BCUT2D eigenvalue weighted by molar-refractivity contribution is 0.1000. The Labute approximate surface area is 144 Å². The Balaban J connectivity index is 1.82. The zero-order valence-corrected chi connectivity index (χ0v) is 13.8. The SMILES string of the molecule is Cn1cc(CNc2ncc(C(N)=O)cc2Cl)c(-c2ccccc2)n1. The van der Waals surface area contributed by atoms with Crippen LogP contribution in [0.2, 0.25) is 5.02 Å². The standard InChI is InChI=1S/C17H16ClN5O/c1-23-10-13(15(22-23)11-5-3-2-4-6-11)9-21-17-14(18)7-12(8-20-17)16(19)24/h2-8,10H,9H2,1H3,(H2,19,24)(H,20,21). The minimum Gasteiger partial charge on any atom is -0.366 e. The van der Waals surface area contributed by atoms with Crippen LogP contribution in [-0.4, -0.2) is 20.7 Å². The fraction of sp³-hybridized carbons (Fsp3) is 0.118. The van der Waals surface area contributed by atoms with E-state index in [0.29, 0.717) is 17.4 Å². The number of primary amides is 1. The topological polar surface area (TPSA) is 85.8 Å². The maximum atomic E-state index is 11.1. The third-order valence-electron chi connectivity index (χ3n) is 3.52. The lowest BCUT2D eigenvalue weighted by atomic mass is 10.1. The van der Waals surface area contributed by atoms with Crippen molar-refractivity contribution < 1.29 is 4.79 Å². The molecule has 3 rings (SSSR count). The van der Waals surface area contributed by atoms with Crippen molar-refractivity contribution in [3.63, 3.8) is 0 Å². The summed E-state index contributed by atoms with van der Waals surface area (Å²) in [6.45, 7) is 0.501. The van der Waals surface area contributed by atoms with Crippen molar-refractivity contribution in [2.24, 2.45) is 12.8 Å². The molecule has 0 aliphatic heterocycles. The van der Waals surface area contributed by atoms with Gasteiger partial charge in [0.1, 0.15) is 5.82 Å². The smallest absolute Gasteiger partial charge is 0.250 e. The maximum Gasteiger partial charge on any atom is 0.250 e. The average Bonchev–Trinajstić information content (AvgIpc) is 2.95. The predicted octanol–water partition coefficient (Wildman–Crippen LogP) is 2.85. The number of benzene rings is 1. The number of anilines is 1. The molecule has 0 unspecified atom stereocenters. The molecule has 0 bridgehead atoms. The summed E-state index contributed by atoms with van der Waals surface area (Å²) in [5.41, 5.74) is 8.44. The summed E-state index contributed by atoms with van der Waals surface area (Å²) >= 11 is 6.15. The van der Waals surface area contributed by atoms with Gasteiger partial charge in [-0.3, -0.25) is 9.48 Å². The molecule has 0 aliphatic rings. The summed E-state index contributed by atoms with van der Waals surface area (Å²) in [4.78, 5) is 15.3. The van der Waals surface area contributed by atoms with E-state index in [9.17, 15) is 4.79 Å².